The van der Waals surface area contributed by atoms with Gasteiger partial charge in [-0.3, -0.25) is 33.5 Å². The number of amides is 3. The molecule has 5 aliphatic rings. The van der Waals surface area contributed by atoms with Gasteiger partial charge in [0.15, 0.2) is 11.3 Å². The Morgan fingerprint density at radius 1 is 1.06 bits per heavy atom. The maximum atomic E-state index is 16.1. The van der Waals surface area contributed by atoms with Crippen molar-refractivity contribution in [2.45, 2.75) is 94.2 Å². The van der Waals surface area contributed by atoms with Crippen LogP contribution in [0.2, 0.25) is 0 Å². The molecule has 2 N–H and O–H groups in total. The molecular weight excluding hydrogens is 810 g/mol. The second kappa shape index (κ2) is 15.9. The number of alkyl halides is 3. The van der Waals surface area contributed by atoms with Gasteiger partial charge in [0, 0.05) is 51.5 Å². The molecule has 0 radical (unpaired) electrons. The lowest BCUT2D eigenvalue weighted by Gasteiger charge is -2.42. The average molecular weight is 859 g/mol. The van der Waals surface area contributed by atoms with Crippen molar-refractivity contribution in [3.8, 4) is 0 Å². The third kappa shape index (κ3) is 7.09. The van der Waals surface area contributed by atoms with E-state index in [4.69, 9.17) is 9.72 Å². The standard InChI is InChI=1S/C42H49F3N12O5/c1-51(30-12-14-53(20-28(30)43)31-4-3-5-32-37(31)52(2)42(61)57(32)33-10-11-35(58)49-41(33)60)18-23-6-8-24(9-7-23)56-21-29(36(50-56)38(44)45)47-40(59)27-17-46-55-15-13-34(48-39(27)55)54-19-26-16-25(54)22-62-26/h3-5,13,15,17,21,23-26,28,30,33,38H,6-12,14,16,18-20,22H2,1-2H3,(H,47,59)(H,49,58,60)/t23?,24?,25-,26-,28+,30-,33?/m1/s1. The van der Waals surface area contributed by atoms with Crippen LogP contribution >= 0.6 is 0 Å². The topological polar surface area (TPSA) is 169 Å². The molecule has 1 aromatic carbocycles. The number of fused-ring (bicyclic) bond motifs is 4. The molecule has 4 aromatic heterocycles. The number of imide groups is 1. The van der Waals surface area contributed by atoms with E-state index in [0.29, 0.717) is 67.1 Å². The van der Waals surface area contributed by atoms with E-state index in [0.717, 1.165) is 25.8 Å². The number of nitrogens with one attached hydrogen (secondary N) is 2. The number of benzene rings is 1. The third-order valence-electron chi connectivity index (χ3n) is 13.8. The second-order valence-corrected chi connectivity index (χ2v) is 17.5. The quantitative estimate of drug-likeness (QED) is 0.195. The normalized spacial score (nSPS) is 26.7. The largest absolute Gasteiger partial charge is 0.374 e. The number of piperidine rings is 2. The van der Waals surface area contributed by atoms with E-state index in [1.807, 2.05) is 24.1 Å². The molecule has 2 bridgehead atoms. The number of carbonyl (C=O) groups excluding carboxylic acids is 3. The minimum Gasteiger partial charge on any atom is -0.374 e. The third-order valence-corrected chi connectivity index (χ3v) is 13.8. The molecule has 5 fully saturated rings. The van der Waals surface area contributed by atoms with Crippen molar-refractivity contribution in [3.63, 3.8) is 0 Å². The highest BCUT2D eigenvalue weighted by atomic mass is 19.3. The summed E-state index contributed by atoms with van der Waals surface area (Å²) in [6.07, 6.45) is 5.55. The summed E-state index contributed by atoms with van der Waals surface area (Å²) in [5.74, 6) is -0.485. The summed E-state index contributed by atoms with van der Waals surface area (Å²) < 4.78 is 56.5. The highest BCUT2D eigenvalue weighted by molar-refractivity contribution is 6.08. The number of nitrogens with zero attached hydrogens (tertiary/aromatic N) is 10. The minimum absolute atomic E-state index is 0.0537. The molecule has 4 saturated heterocycles. The van der Waals surface area contributed by atoms with E-state index in [1.165, 1.54) is 26.0 Å². The smallest absolute Gasteiger partial charge is 0.329 e. The minimum atomic E-state index is -2.91. The molecule has 0 spiro atoms. The molecule has 5 atom stereocenters. The number of anilines is 3. The molecule has 4 aliphatic heterocycles. The summed E-state index contributed by atoms with van der Waals surface area (Å²) in [6.45, 7) is 2.72. The molecule has 10 rings (SSSR count). The molecule has 3 amide bonds. The van der Waals surface area contributed by atoms with Crippen molar-refractivity contribution < 1.29 is 32.3 Å². The number of aromatic nitrogens is 7. The van der Waals surface area contributed by atoms with E-state index in [9.17, 15) is 28.0 Å². The Morgan fingerprint density at radius 3 is 2.61 bits per heavy atom. The van der Waals surface area contributed by atoms with Gasteiger partial charge in [0.05, 0.1) is 59.9 Å². The zero-order chi connectivity index (χ0) is 43.0. The highest BCUT2D eigenvalue weighted by Crippen LogP contribution is 2.38. The molecule has 1 aliphatic carbocycles. The van der Waals surface area contributed by atoms with Crippen LogP contribution in [-0.4, -0.2) is 120 Å². The fourth-order valence-electron chi connectivity index (χ4n) is 10.5. The van der Waals surface area contributed by atoms with Crippen LogP contribution in [0.1, 0.15) is 85.9 Å². The number of aryl methyl sites for hydroxylation is 1. The van der Waals surface area contributed by atoms with Gasteiger partial charge < -0.3 is 24.8 Å². The van der Waals surface area contributed by atoms with Crippen LogP contribution in [0.5, 0.6) is 0 Å². The Balaban J connectivity index is 0.760. The Bertz CT molecular complexity index is 2620. The molecule has 20 heteroatoms. The van der Waals surface area contributed by atoms with E-state index < -0.39 is 36.1 Å². The first-order valence-corrected chi connectivity index (χ1v) is 21.5. The van der Waals surface area contributed by atoms with Crippen molar-refractivity contribution in [2.24, 2.45) is 13.0 Å². The Hall–Kier alpha value is -5.76. The SMILES string of the molecule is CN(CC1CCC(n2cc(NC(=O)c3cnn4ccc(N5C[C@H]6C[C@@H]5CO6)nc34)c(C(F)F)n2)CC1)[C@@H]1CCN(c2cccc3c2n(C)c(=O)n3C2CCC(=O)NC2=O)C[C@@H]1F. The van der Waals surface area contributed by atoms with Crippen molar-refractivity contribution in [1.82, 2.24) is 43.7 Å². The number of imidazole rings is 1. The molecule has 62 heavy (non-hydrogen) atoms. The summed E-state index contributed by atoms with van der Waals surface area (Å²) in [4.78, 5) is 62.5. The number of para-hydroxylation sites is 1. The number of halogens is 3. The maximum absolute atomic E-state index is 16.1. The van der Waals surface area contributed by atoms with Gasteiger partial charge in [-0.05, 0) is 76.1 Å². The highest BCUT2D eigenvalue weighted by Gasteiger charge is 2.40. The maximum Gasteiger partial charge on any atom is 0.329 e. The molecule has 1 unspecified atom stereocenters. The van der Waals surface area contributed by atoms with Crippen LogP contribution in [0.4, 0.5) is 30.4 Å². The van der Waals surface area contributed by atoms with Gasteiger partial charge in [-0.1, -0.05) is 6.07 Å². The molecule has 328 valence electrons. The summed E-state index contributed by atoms with van der Waals surface area (Å²) in [6, 6.07) is 6.26. The summed E-state index contributed by atoms with van der Waals surface area (Å²) in [7, 11) is 3.59. The molecule has 1 saturated carbocycles. The van der Waals surface area contributed by atoms with Crippen molar-refractivity contribution in [1.29, 1.82) is 0 Å². The van der Waals surface area contributed by atoms with Gasteiger partial charge in [-0.2, -0.15) is 10.2 Å². The van der Waals surface area contributed by atoms with Crippen LogP contribution in [0.15, 0.2) is 47.7 Å². The lowest BCUT2D eigenvalue weighted by Crippen LogP contribution is -2.52. The number of ether oxygens (including phenoxy) is 1. The number of carbonyl (C=O) groups is 3. The molecule has 8 heterocycles. The van der Waals surface area contributed by atoms with E-state index >= 15 is 4.39 Å². The Morgan fingerprint density at radius 2 is 1.89 bits per heavy atom. The predicted molar refractivity (Wildman–Crippen MR) is 221 cm³/mol. The van der Waals surface area contributed by atoms with Crippen LogP contribution in [0.25, 0.3) is 16.7 Å². The second-order valence-electron chi connectivity index (χ2n) is 17.5. The van der Waals surface area contributed by atoms with Gasteiger partial charge in [-0.15, -0.1) is 0 Å². The number of morpholine rings is 1. The fourth-order valence-corrected chi connectivity index (χ4v) is 10.5. The number of hydrogen-bond donors (Lipinski definition) is 2. The first-order valence-electron chi connectivity index (χ1n) is 21.5. The van der Waals surface area contributed by atoms with Gasteiger partial charge in [0.25, 0.3) is 12.3 Å². The van der Waals surface area contributed by atoms with Gasteiger partial charge in [-0.25, -0.2) is 27.5 Å². The van der Waals surface area contributed by atoms with Crippen molar-refractivity contribution >= 4 is 51.6 Å². The van der Waals surface area contributed by atoms with Gasteiger partial charge in [0.1, 0.15) is 23.6 Å². The lowest BCUT2D eigenvalue weighted by atomic mass is 9.85. The fraction of sp³-hybridized carbons (Fsp3) is 0.548. The zero-order valence-corrected chi connectivity index (χ0v) is 34.5. The van der Waals surface area contributed by atoms with Crippen LogP contribution < -0.4 is 26.1 Å². The van der Waals surface area contributed by atoms with Crippen molar-refractivity contribution in [2.75, 3.05) is 55.0 Å². The number of rotatable bonds is 10. The predicted octanol–water partition coefficient (Wildman–Crippen LogP) is 4.00. The summed E-state index contributed by atoms with van der Waals surface area (Å²) >= 11 is 0. The lowest BCUT2D eigenvalue weighted by molar-refractivity contribution is -0.135. The van der Waals surface area contributed by atoms with Crippen LogP contribution in [-0.2, 0) is 21.4 Å². The van der Waals surface area contributed by atoms with Crippen LogP contribution in [0.3, 0.4) is 0 Å². The molecule has 17 nitrogen and oxygen atoms in total. The van der Waals surface area contributed by atoms with E-state index in [2.05, 4.69) is 30.6 Å². The molecular formula is C42H49F3N12O5. The van der Waals surface area contributed by atoms with Gasteiger partial charge in [0.2, 0.25) is 11.8 Å². The summed E-state index contributed by atoms with van der Waals surface area (Å²) in [5.41, 5.74) is 1.46. The first-order chi connectivity index (χ1) is 29.9. The average Bonchev–Trinajstić information content (AvgIpc) is 4.11. The number of hydrogen-bond acceptors (Lipinski definition) is 11. The van der Waals surface area contributed by atoms with Crippen molar-refractivity contribution in [3.05, 3.63) is 64.6 Å². The molecule has 5 aromatic rings. The van der Waals surface area contributed by atoms with E-state index in [-0.39, 0.29) is 72.4 Å². The van der Waals surface area contributed by atoms with E-state index in [1.54, 1.807) is 30.1 Å². The monoisotopic (exact) mass is 858 g/mol. The zero-order valence-electron chi connectivity index (χ0n) is 34.5. The Kier molecular flexibility index (Phi) is 10.3. The first kappa shape index (κ1) is 40.3. The van der Waals surface area contributed by atoms with Crippen LogP contribution in [0, 0.1) is 5.92 Å². The summed E-state index contributed by atoms with van der Waals surface area (Å²) in [5, 5.41) is 13.5. The Labute approximate surface area is 353 Å². The van der Waals surface area contributed by atoms with Gasteiger partial charge >= 0.3 is 5.69 Å².